The summed E-state index contributed by atoms with van der Waals surface area (Å²) in [6, 6.07) is 11.8. The van der Waals surface area contributed by atoms with Gasteiger partial charge < -0.3 is 5.32 Å². The average Bonchev–Trinajstić information content (AvgIpc) is 2.82. The molecule has 0 fully saturated rings. The van der Waals surface area contributed by atoms with Crippen molar-refractivity contribution < 1.29 is 13.2 Å². The standard InChI is InChI=1S/C17H17BrN2O3S/c1-10-15-9-14(7-8-16(15)19-17(10)21)24(22,23)20-11(2)12-3-5-13(18)6-4-12/h3-11,20H,1-2H3,(H,19,21)/t10-,11-/m1/s1. The van der Waals surface area contributed by atoms with E-state index in [-0.39, 0.29) is 22.8 Å². The summed E-state index contributed by atoms with van der Waals surface area (Å²) < 4.78 is 28.9. The number of nitrogens with one attached hydrogen (secondary N) is 2. The zero-order valence-corrected chi connectivity index (χ0v) is 15.6. The lowest BCUT2D eigenvalue weighted by molar-refractivity contribution is -0.116. The van der Waals surface area contributed by atoms with Gasteiger partial charge in [-0.15, -0.1) is 0 Å². The van der Waals surface area contributed by atoms with Crippen molar-refractivity contribution in [2.75, 3.05) is 5.32 Å². The lowest BCUT2D eigenvalue weighted by Crippen LogP contribution is -2.27. The summed E-state index contributed by atoms with van der Waals surface area (Å²) in [5.74, 6) is -0.463. The molecule has 1 heterocycles. The molecular weight excluding hydrogens is 392 g/mol. The Labute approximate surface area is 149 Å². The number of benzene rings is 2. The van der Waals surface area contributed by atoms with Gasteiger partial charge in [0.15, 0.2) is 0 Å². The van der Waals surface area contributed by atoms with E-state index in [0.29, 0.717) is 11.3 Å². The molecule has 0 aliphatic carbocycles. The molecule has 0 radical (unpaired) electrons. The Balaban J connectivity index is 1.86. The highest BCUT2D eigenvalue weighted by atomic mass is 79.9. The van der Waals surface area contributed by atoms with Gasteiger partial charge in [-0.2, -0.15) is 0 Å². The van der Waals surface area contributed by atoms with Crippen molar-refractivity contribution in [2.45, 2.75) is 30.7 Å². The van der Waals surface area contributed by atoms with Gasteiger partial charge in [-0.05, 0) is 55.3 Å². The minimum Gasteiger partial charge on any atom is -0.325 e. The predicted octanol–water partition coefficient (Wildman–Crippen LogP) is 3.54. The van der Waals surface area contributed by atoms with Gasteiger partial charge in [0.25, 0.3) is 0 Å². The van der Waals surface area contributed by atoms with Gasteiger partial charge in [0, 0.05) is 16.2 Å². The van der Waals surface area contributed by atoms with Crippen LogP contribution in [0.15, 0.2) is 51.8 Å². The summed E-state index contributed by atoms with van der Waals surface area (Å²) in [6.45, 7) is 3.55. The normalized spacial score (nSPS) is 18.1. The van der Waals surface area contributed by atoms with Crippen molar-refractivity contribution >= 4 is 37.5 Å². The van der Waals surface area contributed by atoms with Crippen LogP contribution in [0, 0.1) is 0 Å². The number of carbonyl (C=O) groups is 1. The van der Waals surface area contributed by atoms with E-state index in [9.17, 15) is 13.2 Å². The van der Waals surface area contributed by atoms with Crippen LogP contribution < -0.4 is 10.0 Å². The van der Waals surface area contributed by atoms with Crippen molar-refractivity contribution in [3.8, 4) is 0 Å². The van der Waals surface area contributed by atoms with Gasteiger partial charge in [0.05, 0.1) is 10.8 Å². The van der Waals surface area contributed by atoms with Crippen LogP contribution in [0.4, 0.5) is 5.69 Å². The third kappa shape index (κ3) is 3.24. The molecule has 0 saturated carbocycles. The maximum Gasteiger partial charge on any atom is 0.241 e. The van der Waals surface area contributed by atoms with E-state index in [2.05, 4.69) is 26.0 Å². The third-order valence-electron chi connectivity index (χ3n) is 4.15. The SMILES string of the molecule is C[C@@H](NS(=O)(=O)c1ccc2c(c1)[C@@H](C)C(=O)N2)c1ccc(Br)cc1. The second-order valence-electron chi connectivity index (χ2n) is 5.85. The number of amides is 1. The van der Waals surface area contributed by atoms with Crippen molar-refractivity contribution in [3.63, 3.8) is 0 Å². The molecule has 7 heteroatoms. The van der Waals surface area contributed by atoms with Gasteiger partial charge in [-0.25, -0.2) is 13.1 Å². The van der Waals surface area contributed by atoms with Crippen LogP contribution in [0.3, 0.4) is 0 Å². The third-order valence-corrected chi connectivity index (χ3v) is 6.22. The first-order chi connectivity index (χ1) is 11.3. The highest BCUT2D eigenvalue weighted by Gasteiger charge is 2.28. The molecule has 2 atom stereocenters. The topological polar surface area (TPSA) is 75.3 Å². The van der Waals surface area contributed by atoms with Crippen LogP contribution in [-0.4, -0.2) is 14.3 Å². The summed E-state index contributed by atoms with van der Waals surface area (Å²) in [7, 11) is -3.68. The fraction of sp³-hybridized carbons (Fsp3) is 0.235. The second-order valence-corrected chi connectivity index (χ2v) is 8.48. The molecule has 2 aromatic rings. The Morgan fingerprint density at radius 3 is 2.50 bits per heavy atom. The van der Waals surface area contributed by atoms with Gasteiger partial charge in [-0.3, -0.25) is 4.79 Å². The van der Waals surface area contributed by atoms with E-state index in [0.717, 1.165) is 10.0 Å². The first-order valence-corrected chi connectivity index (χ1v) is 9.78. The average molecular weight is 409 g/mol. The first kappa shape index (κ1) is 17.1. The number of hydrogen-bond acceptors (Lipinski definition) is 3. The molecule has 0 bridgehead atoms. The minimum absolute atomic E-state index is 0.115. The molecule has 0 unspecified atom stereocenters. The molecule has 1 aliphatic heterocycles. The molecular formula is C17H17BrN2O3S. The van der Waals surface area contributed by atoms with Crippen LogP contribution in [0.2, 0.25) is 0 Å². The number of hydrogen-bond donors (Lipinski definition) is 2. The van der Waals surface area contributed by atoms with E-state index in [4.69, 9.17) is 0 Å². The zero-order chi connectivity index (χ0) is 17.5. The smallest absolute Gasteiger partial charge is 0.241 e. The van der Waals surface area contributed by atoms with Crippen molar-refractivity contribution in [1.82, 2.24) is 4.72 Å². The van der Waals surface area contributed by atoms with Crippen LogP contribution >= 0.6 is 15.9 Å². The Morgan fingerprint density at radius 1 is 1.17 bits per heavy atom. The number of halogens is 1. The van der Waals surface area contributed by atoms with E-state index in [1.54, 1.807) is 26.0 Å². The van der Waals surface area contributed by atoms with E-state index in [1.165, 1.54) is 6.07 Å². The number of anilines is 1. The predicted molar refractivity (Wildman–Crippen MR) is 96.4 cm³/mol. The molecule has 1 amide bonds. The fourth-order valence-corrected chi connectivity index (χ4v) is 4.21. The maximum absolute atomic E-state index is 12.6. The first-order valence-electron chi connectivity index (χ1n) is 7.50. The van der Waals surface area contributed by atoms with Crippen LogP contribution in [0.5, 0.6) is 0 Å². The molecule has 1 aliphatic rings. The van der Waals surface area contributed by atoms with Crippen LogP contribution in [0.25, 0.3) is 0 Å². The molecule has 0 aromatic heterocycles. The van der Waals surface area contributed by atoms with Crippen LogP contribution in [-0.2, 0) is 14.8 Å². The Morgan fingerprint density at radius 2 is 1.83 bits per heavy atom. The molecule has 5 nitrogen and oxygen atoms in total. The molecule has 24 heavy (non-hydrogen) atoms. The number of fused-ring (bicyclic) bond motifs is 1. The Hall–Kier alpha value is -1.70. The Bertz CT molecular complexity index is 895. The summed E-state index contributed by atoms with van der Waals surface area (Å²) in [5.41, 5.74) is 2.25. The summed E-state index contributed by atoms with van der Waals surface area (Å²) in [6.07, 6.45) is 0. The van der Waals surface area contributed by atoms with Crippen LogP contribution in [0.1, 0.15) is 36.9 Å². The lowest BCUT2D eigenvalue weighted by atomic mass is 10.0. The maximum atomic E-state index is 12.6. The molecule has 126 valence electrons. The Kier molecular flexibility index (Phi) is 4.50. The van der Waals surface area contributed by atoms with E-state index >= 15 is 0 Å². The van der Waals surface area contributed by atoms with Gasteiger partial charge in [0.1, 0.15) is 0 Å². The summed E-state index contributed by atoms with van der Waals surface area (Å²) in [4.78, 5) is 11.9. The minimum atomic E-state index is -3.68. The highest BCUT2D eigenvalue weighted by Crippen LogP contribution is 2.34. The van der Waals surface area contributed by atoms with E-state index < -0.39 is 10.0 Å². The highest BCUT2D eigenvalue weighted by molar-refractivity contribution is 9.10. The van der Waals surface area contributed by atoms with E-state index in [1.807, 2.05) is 24.3 Å². The molecule has 2 N–H and O–H groups in total. The number of rotatable bonds is 4. The van der Waals surface area contributed by atoms with Gasteiger partial charge >= 0.3 is 0 Å². The summed E-state index contributed by atoms with van der Waals surface area (Å²) in [5, 5.41) is 2.74. The largest absolute Gasteiger partial charge is 0.325 e. The lowest BCUT2D eigenvalue weighted by Gasteiger charge is -2.15. The summed E-state index contributed by atoms with van der Waals surface area (Å²) >= 11 is 3.36. The zero-order valence-electron chi connectivity index (χ0n) is 13.2. The van der Waals surface area contributed by atoms with Crippen molar-refractivity contribution in [1.29, 1.82) is 0 Å². The fourth-order valence-electron chi connectivity index (χ4n) is 2.68. The molecule has 2 aromatic carbocycles. The molecule has 0 saturated heterocycles. The molecule has 3 rings (SSSR count). The molecule has 0 spiro atoms. The second kappa shape index (κ2) is 6.31. The van der Waals surface area contributed by atoms with Crippen molar-refractivity contribution in [3.05, 3.63) is 58.1 Å². The monoisotopic (exact) mass is 408 g/mol. The van der Waals surface area contributed by atoms with Crippen molar-refractivity contribution in [2.24, 2.45) is 0 Å². The van der Waals surface area contributed by atoms with Gasteiger partial charge in [0.2, 0.25) is 15.9 Å². The quantitative estimate of drug-likeness (QED) is 0.811. The van der Waals surface area contributed by atoms with Gasteiger partial charge in [-0.1, -0.05) is 28.1 Å². The number of sulfonamides is 1. The number of carbonyl (C=O) groups excluding carboxylic acids is 1.